The lowest BCUT2D eigenvalue weighted by atomic mass is 10.5. The van der Waals surface area contributed by atoms with Crippen LogP contribution in [0.15, 0.2) is 5.16 Å². The molecule has 0 aromatic carbocycles. The monoisotopic (exact) mass is 280 g/mol. The van der Waals surface area contributed by atoms with E-state index in [9.17, 15) is 4.79 Å². The molecule has 0 aliphatic heterocycles. The van der Waals surface area contributed by atoms with Gasteiger partial charge in [0, 0.05) is 12.8 Å². The molecule has 8 heteroatoms. The second-order valence-electron chi connectivity index (χ2n) is 2.39. The van der Waals surface area contributed by atoms with Gasteiger partial charge in [-0.3, -0.25) is 4.79 Å². The number of aromatic nitrogens is 4. The Balaban J connectivity index is 2.41. The topological polar surface area (TPSA) is 69.9 Å². The van der Waals surface area contributed by atoms with Gasteiger partial charge in [-0.15, -0.1) is 5.10 Å². The number of hydrogen-bond acceptors (Lipinski definition) is 6. The molecular formula is C6H9BrN4O2S. The van der Waals surface area contributed by atoms with Gasteiger partial charge in [0.2, 0.25) is 5.16 Å². The summed E-state index contributed by atoms with van der Waals surface area (Å²) in [6, 6.07) is 0. The Morgan fingerprint density at radius 1 is 1.79 bits per heavy atom. The molecule has 6 nitrogen and oxygen atoms in total. The second-order valence-corrected chi connectivity index (χ2v) is 4.48. The SMILES string of the molecule is COC(=O)C(Br)CSc1nnnn1C. The van der Waals surface area contributed by atoms with Crippen LogP contribution < -0.4 is 0 Å². The Labute approximate surface area is 93.5 Å². The highest BCUT2D eigenvalue weighted by Crippen LogP contribution is 2.17. The molecule has 1 rings (SSSR count). The van der Waals surface area contributed by atoms with Crippen molar-refractivity contribution in [3.63, 3.8) is 0 Å². The number of carbonyl (C=O) groups excluding carboxylic acids is 1. The quantitative estimate of drug-likeness (QED) is 0.447. The maximum Gasteiger partial charge on any atom is 0.320 e. The summed E-state index contributed by atoms with van der Waals surface area (Å²) in [6.07, 6.45) is 0. The van der Waals surface area contributed by atoms with Crippen LogP contribution in [0.25, 0.3) is 0 Å². The van der Waals surface area contributed by atoms with E-state index in [1.54, 1.807) is 11.7 Å². The number of rotatable bonds is 4. The van der Waals surface area contributed by atoms with Gasteiger partial charge in [-0.1, -0.05) is 27.7 Å². The van der Waals surface area contributed by atoms with Gasteiger partial charge in [0.05, 0.1) is 7.11 Å². The maximum atomic E-state index is 11.0. The highest BCUT2D eigenvalue weighted by atomic mass is 79.9. The van der Waals surface area contributed by atoms with Crippen molar-refractivity contribution in [2.45, 2.75) is 9.98 Å². The standard InChI is InChI=1S/C6H9BrN4O2S/c1-11-6(8-9-10-11)14-3-4(7)5(12)13-2/h4H,3H2,1-2H3. The second kappa shape index (κ2) is 5.30. The van der Waals surface area contributed by atoms with Gasteiger partial charge < -0.3 is 4.74 Å². The van der Waals surface area contributed by atoms with E-state index in [2.05, 4.69) is 36.2 Å². The molecule has 0 saturated carbocycles. The van der Waals surface area contributed by atoms with Gasteiger partial charge >= 0.3 is 5.97 Å². The summed E-state index contributed by atoms with van der Waals surface area (Å²) in [4.78, 5) is 10.7. The average molecular weight is 281 g/mol. The molecule has 0 bridgehead atoms. The predicted molar refractivity (Wildman–Crippen MR) is 54.3 cm³/mol. The highest BCUT2D eigenvalue weighted by molar-refractivity contribution is 9.10. The van der Waals surface area contributed by atoms with Gasteiger partial charge in [-0.2, -0.15) is 0 Å². The third-order valence-electron chi connectivity index (χ3n) is 1.40. The minimum atomic E-state index is -0.339. The first-order valence-electron chi connectivity index (χ1n) is 3.72. The van der Waals surface area contributed by atoms with E-state index >= 15 is 0 Å². The van der Waals surface area contributed by atoms with Crippen LogP contribution in [0.4, 0.5) is 0 Å². The van der Waals surface area contributed by atoms with Crippen molar-refractivity contribution >= 4 is 33.7 Å². The molecule has 0 aliphatic carbocycles. The van der Waals surface area contributed by atoms with Gasteiger partial charge in [0.1, 0.15) is 4.83 Å². The summed E-state index contributed by atoms with van der Waals surface area (Å²) < 4.78 is 6.10. The number of esters is 1. The lowest BCUT2D eigenvalue weighted by Crippen LogP contribution is -2.18. The first-order valence-corrected chi connectivity index (χ1v) is 5.62. The number of aryl methyl sites for hydroxylation is 1. The molecule has 1 atom stereocenters. The highest BCUT2D eigenvalue weighted by Gasteiger charge is 2.16. The van der Waals surface area contributed by atoms with Crippen LogP contribution in [0, 0.1) is 0 Å². The Bertz CT molecular complexity index is 319. The molecule has 0 fully saturated rings. The van der Waals surface area contributed by atoms with Crippen LogP contribution in [0.5, 0.6) is 0 Å². The summed E-state index contributed by atoms with van der Waals surface area (Å²) in [7, 11) is 3.09. The first kappa shape index (κ1) is 11.4. The lowest BCUT2D eigenvalue weighted by Gasteiger charge is -2.05. The van der Waals surface area contributed by atoms with Gasteiger partial charge in [-0.05, 0) is 10.4 Å². The number of carbonyl (C=O) groups is 1. The zero-order valence-corrected chi connectivity index (χ0v) is 10.1. The van der Waals surface area contributed by atoms with Crippen molar-refractivity contribution < 1.29 is 9.53 Å². The molecular weight excluding hydrogens is 272 g/mol. The zero-order chi connectivity index (χ0) is 10.6. The van der Waals surface area contributed by atoms with Crippen LogP contribution in [-0.4, -0.2) is 43.9 Å². The fourth-order valence-electron chi connectivity index (χ4n) is 0.687. The summed E-state index contributed by atoms with van der Waals surface area (Å²) in [5.74, 6) is 0.230. The first-order chi connectivity index (χ1) is 6.65. The van der Waals surface area contributed by atoms with Crippen LogP contribution in [0.3, 0.4) is 0 Å². The Morgan fingerprint density at radius 2 is 2.50 bits per heavy atom. The average Bonchev–Trinajstić information content (AvgIpc) is 2.59. The number of alkyl halides is 1. The van der Waals surface area contributed by atoms with E-state index in [-0.39, 0.29) is 10.8 Å². The zero-order valence-electron chi connectivity index (χ0n) is 7.68. The van der Waals surface area contributed by atoms with E-state index in [4.69, 9.17) is 0 Å². The van der Waals surface area contributed by atoms with Crippen molar-refractivity contribution in [3.05, 3.63) is 0 Å². The summed E-state index contributed by atoms with van der Waals surface area (Å²) in [5, 5.41) is 11.6. The van der Waals surface area contributed by atoms with E-state index in [0.717, 1.165) is 0 Å². The summed E-state index contributed by atoms with van der Waals surface area (Å²) in [6.45, 7) is 0. The number of thioether (sulfide) groups is 1. The van der Waals surface area contributed by atoms with Gasteiger partial charge in [0.25, 0.3) is 0 Å². The van der Waals surface area contributed by atoms with Crippen molar-refractivity contribution in [2.24, 2.45) is 7.05 Å². The number of methoxy groups -OCH3 is 1. The van der Waals surface area contributed by atoms with Crippen molar-refractivity contribution in [3.8, 4) is 0 Å². The molecule has 0 saturated heterocycles. The molecule has 0 spiro atoms. The largest absolute Gasteiger partial charge is 0.468 e. The fourth-order valence-corrected chi connectivity index (χ4v) is 2.02. The normalized spacial score (nSPS) is 12.5. The molecule has 0 aliphatic rings. The molecule has 14 heavy (non-hydrogen) atoms. The molecule has 0 amide bonds. The lowest BCUT2D eigenvalue weighted by molar-refractivity contribution is -0.139. The molecule has 1 unspecified atom stereocenters. The van der Waals surface area contributed by atoms with Crippen molar-refractivity contribution in [1.82, 2.24) is 20.2 Å². The molecule has 78 valence electrons. The Kier molecular flexibility index (Phi) is 4.33. The third kappa shape index (κ3) is 2.95. The molecule has 0 radical (unpaired) electrons. The number of halogens is 1. The molecule has 1 aromatic rings. The number of ether oxygens (including phenoxy) is 1. The smallest absolute Gasteiger partial charge is 0.320 e. The molecule has 1 heterocycles. The van der Waals surface area contributed by atoms with Crippen LogP contribution >= 0.6 is 27.7 Å². The van der Waals surface area contributed by atoms with Crippen LogP contribution in [-0.2, 0) is 16.6 Å². The maximum absolute atomic E-state index is 11.0. The van der Waals surface area contributed by atoms with Gasteiger partial charge in [-0.25, -0.2) is 4.68 Å². The Hall–Kier alpha value is -0.630. The summed E-state index contributed by atoms with van der Waals surface area (Å²) >= 11 is 4.59. The predicted octanol–water partition coefficient (Wildman–Crippen LogP) is 0.239. The molecule has 0 N–H and O–H groups in total. The fraction of sp³-hybridized carbons (Fsp3) is 0.667. The Morgan fingerprint density at radius 3 is 3.00 bits per heavy atom. The van der Waals surface area contributed by atoms with Gasteiger partial charge in [0.15, 0.2) is 0 Å². The van der Waals surface area contributed by atoms with Crippen molar-refractivity contribution in [1.29, 1.82) is 0 Å². The number of hydrogen-bond donors (Lipinski definition) is 0. The molecule has 1 aromatic heterocycles. The number of tetrazole rings is 1. The van der Waals surface area contributed by atoms with Crippen LogP contribution in [0.2, 0.25) is 0 Å². The van der Waals surface area contributed by atoms with E-state index < -0.39 is 0 Å². The summed E-state index contributed by atoms with van der Waals surface area (Å²) in [5.41, 5.74) is 0. The third-order valence-corrected chi connectivity index (χ3v) is 3.63. The van der Waals surface area contributed by atoms with Crippen LogP contribution in [0.1, 0.15) is 0 Å². The van der Waals surface area contributed by atoms with Crippen molar-refractivity contribution in [2.75, 3.05) is 12.9 Å². The number of nitrogens with zero attached hydrogens (tertiary/aromatic N) is 4. The van der Waals surface area contributed by atoms with E-state index in [1.807, 2.05) is 0 Å². The minimum Gasteiger partial charge on any atom is -0.468 e. The van der Waals surface area contributed by atoms with E-state index in [0.29, 0.717) is 10.9 Å². The van der Waals surface area contributed by atoms with E-state index in [1.165, 1.54) is 18.9 Å². The minimum absolute atomic E-state index is 0.298.